The highest BCUT2D eigenvalue weighted by Gasteiger charge is 2.18. The lowest BCUT2D eigenvalue weighted by Crippen LogP contribution is -2.28. The van der Waals surface area contributed by atoms with E-state index in [1.807, 2.05) is 6.07 Å². The zero-order chi connectivity index (χ0) is 19.2. The van der Waals surface area contributed by atoms with Gasteiger partial charge in [-0.05, 0) is 60.4 Å². The van der Waals surface area contributed by atoms with E-state index < -0.39 is 0 Å². The van der Waals surface area contributed by atoms with Gasteiger partial charge >= 0.3 is 0 Å². The van der Waals surface area contributed by atoms with Crippen LogP contribution in [-0.2, 0) is 11.2 Å². The smallest absolute Gasteiger partial charge is 0.244 e. The highest BCUT2D eigenvalue weighted by Crippen LogP contribution is 2.31. The number of anilines is 1. The van der Waals surface area contributed by atoms with Gasteiger partial charge in [0.1, 0.15) is 11.5 Å². The summed E-state index contributed by atoms with van der Waals surface area (Å²) in [5.41, 5.74) is 3.33. The van der Waals surface area contributed by atoms with Crippen molar-refractivity contribution in [3.63, 3.8) is 0 Å². The van der Waals surface area contributed by atoms with Crippen molar-refractivity contribution >= 4 is 29.3 Å². The molecule has 0 bridgehead atoms. The second-order valence-corrected chi connectivity index (χ2v) is 6.83. The molecule has 3 rings (SSSR count). The van der Waals surface area contributed by atoms with Gasteiger partial charge in [0.15, 0.2) is 0 Å². The molecule has 0 radical (unpaired) electrons. The Labute approximate surface area is 164 Å². The SMILES string of the molecule is COc1ccc2c(c1)CCN2CCCNC(=O)/C=C/c1ccc(O)c(Cl)c1. The molecule has 1 amide bonds. The third-order valence-electron chi connectivity index (χ3n) is 4.58. The zero-order valence-corrected chi connectivity index (χ0v) is 16.0. The lowest BCUT2D eigenvalue weighted by molar-refractivity contribution is -0.116. The summed E-state index contributed by atoms with van der Waals surface area (Å²) in [6.45, 7) is 2.51. The summed E-state index contributed by atoms with van der Waals surface area (Å²) in [6, 6.07) is 11.0. The summed E-state index contributed by atoms with van der Waals surface area (Å²) in [5.74, 6) is 0.774. The minimum atomic E-state index is -0.147. The van der Waals surface area contributed by atoms with Crippen molar-refractivity contribution in [3.05, 3.63) is 58.6 Å². The van der Waals surface area contributed by atoms with E-state index in [-0.39, 0.29) is 16.7 Å². The molecule has 27 heavy (non-hydrogen) atoms. The maximum Gasteiger partial charge on any atom is 0.244 e. The highest BCUT2D eigenvalue weighted by molar-refractivity contribution is 6.32. The van der Waals surface area contributed by atoms with Gasteiger partial charge in [-0.3, -0.25) is 4.79 Å². The monoisotopic (exact) mass is 386 g/mol. The number of phenolic OH excluding ortho intramolecular Hbond substituents is 1. The number of benzene rings is 2. The Morgan fingerprint density at radius 2 is 2.19 bits per heavy atom. The maximum absolute atomic E-state index is 11.9. The molecule has 1 heterocycles. The number of amides is 1. The van der Waals surface area contributed by atoms with Crippen LogP contribution in [0.4, 0.5) is 5.69 Å². The number of carbonyl (C=O) groups excluding carboxylic acids is 1. The molecule has 5 nitrogen and oxygen atoms in total. The molecule has 0 fully saturated rings. The van der Waals surface area contributed by atoms with Crippen molar-refractivity contribution in [2.45, 2.75) is 12.8 Å². The number of methoxy groups -OCH3 is 1. The molecule has 0 unspecified atom stereocenters. The second kappa shape index (κ2) is 8.82. The summed E-state index contributed by atoms with van der Waals surface area (Å²) in [5, 5.41) is 12.6. The topological polar surface area (TPSA) is 61.8 Å². The molecule has 2 aromatic rings. The Hall–Kier alpha value is -2.66. The van der Waals surface area contributed by atoms with Gasteiger partial charge in [-0.1, -0.05) is 17.7 Å². The molecule has 0 aliphatic carbocycles. The van der Waals surface area contributed by atoms with Crippen LogP contribution in [0.3, 0.4) is 0 Å². The molecule has 0 atom stereocenters. The summed E-state index contributed by atoms with van der Waals surface area (Å²) < 4.78 is 5.27. The normalized spacial score (nSPS) is 13.0. The quantitative estimate of drug-likeness (QED) is 0.563. The Balaban J connectivity index is 1.42. The van der Waals surface area contributed by atoms with Crippen LogP contribution in [0.2, 0.25) is 5.02 Å². The zero-order valence-electron chi connectivity index (χ0n) is 15.2. The lowest BCUT2D eigenvalue weighted by Gasteiger charge is -2.19. The van der Waals surface area contributed by atoms with Gasteiger partial charge in [0.05, 0.1) is 12.1 Å². The number of nitrogens with zero attached hydrogens (tertiary/aromatic N) is 1. The van der Waals surface area contributed by atoms with Crippen molar-refractivity contribution in [1.29, 1.82) is 0 Å². The molecule has 0 saturated heterocycles. The molecule has 0 saturated carbocycles. The fraction of sp³-hybridized carbons (Fsp3) is 0.286. The first-order valence-corrected chi connectivity index (χ1v) is 9.31. The standard InChI is InChI=1S/C21H23ClN2O3/c1-27-17-5-6-19-16(14-17)9-12-24(19)11-2-10-23-21(26)8-4-15-3-7-20(25)18(22)13-15/h3-8,13-14,25H,2,9-12H2,1H3,(H,23,26)/b8-4+. The highest BCUT2D eigenvalue weighted by atomic mass is 35.5. The molecular weight excluding hydrogens is 364 g/mol. The number of phenols is 1. The molecular formula is C21H23ClN2O3. The third kappa shape index (κ3) is 4.95. The summed E-state index contributed by atoms with van der Waals surface area (Å²) >= 11 is 5.85. The second-order valence-electron chi connectivity index (χ2n) is 6.42. The van der Waals surface area contributed by atoms with Crippen LogP contribution < -0.4 is 15.0 Å². The first kappa shape index (κ1) is 19.1. The van der Waals surface area contributed by atoms with Crippen molar-refractivity contribution in [1.82, 2.24) is 5.32 Å². The van der Waals surface area contributed by atoms with E-state index in [1.54, 1.807) is 25.3 Å². The largest absolute Gasteiger partial charge is 0.506 e. The molecule has 1 aliphatic rings. The van der Waals surface area contributed by atoms with E-state index in [2.05, 4.69) is 22.3 Å². The molecule has 6 heteroatoms. The predicted octanol–water partition coefficient (Wildman–Crippen LogP) is 3.64. The van der Waals surface area contributed by atoms with Crippen molar-refractivity contribution in [2.24, 2.45) is 0 Å². The molecule has 142 valence electrons. The van der Waals surface area contributed by atoms with Crippen LogP contribution in [0, 0.1) is 0 Å². The number of nitrogens with one attached hydrogen (secondary N) is 1. The van der Waals surface area contributed by atoms with Gasteiger partial charge < -0.3 is 20.1 Å². The lowest BCUT2D eigenvalue weighted by atomic mass is 10.1. The van der Waals surface area contributed by atoms with Crippen molar-refractivity contribution in [3.8, 4) is 11.5 Å². The number of ether oxygens (including phenoxy) is 1. The van der Waals surface area contributed by atoms with E-state index in [0.29, 0.717) is 6.54 Å². The summed E-state index contributed by atoms with van der Waals surface area (Å²) in [7, 11) is 1.68. The summed E-state index contributed by atoms with van der Waals surface area (Å²) in [4.78, 5) is 14.3. The van der Waals surface area contributed by atoms with Crippen molar-refractivity contribution in [2.75, 3.05) is 31.6 Å². The van der Waals surface area contributed by atoms with Crippen LogP contribution in [0.25, 0.3) is 6.08 Å². The minimum Gasteiger partial charge on any atom is -0.506 e. The average Bonchev–Trinajstić information content (AvgIpc) is 3.08. The first-order chi connectivity index (χ1) is 13.1. The van der Waals surface area contributed by atoms with E-state index in [4.69, 9.17) is 16.3 Å². The van der Waals surface area contributed by atoms with Gasteiger partial charge in [0, 0.05) is 31.4 Å². The Morgan fingerprint density at radius 1 is 1.33 bits per heavy atom. The van der Waals surface area contributed by atoms with Crippen LogP contribution in [-0.4, -0.2) is 37.8 Å². The Kier molecular flexibility index (Phi) is 6.24. The van der Waals surface area contributed by atoms with Gasteiger partial charge in [0.25, 0.3) is 0 Å². The Morgan fingerprint density at radius 3 is 2.96 bits per heavy atom. The number of carbonyl (C=O) groups is 1. The molecule has 2 aromatic carbocycles. The number of hydrogen-bond donors (Lipinski definition) is 2. The van der Waals surface area contributed by atoms with Crippen molar-refractivity contribution < 1.29 is 14.6 Å². The molecule has 2 N–H and O–H groups in total. The van der Waals surface area contributed by atoms with Gasteiger partial charge in [0.2, 0.25) is 5.91 Å². The summed E-state index contributed by atoms with van der Waals surface area (Å²) in [6.07, 6.45) is 5.04. The van der Waals surface area contributed by atoms with Gasteiger partial charge in [-0.15, -0.1) is 0 Å². The number of halogens is 1. The van der Waals surface area contributed by atoms with Crippen LogP contribution in [0.1, 0.15) is 17.5 Å². The van der Waals surface area contributed by atoms with Gasteiger partial charge in [-0.25, -0.2) is 0 Å². The molecule has 0 aromatic heterocycles. The van der Waals surface area contributed by atoms with Gasteiger partial charge in [-0.2, -0.15) is 0 Å². The Bertz CT molecular complexity index is 851. The third-order valence-corrected chi connectivity index (χ3v) is 4.88. The number of rotatable bonds is 7. The minimum absolute atomic E-state index is 0.0280. The van der Waals surface area contributed by atoms with E-state index in [9.17, 15) is 9.90 Å². The maximum atomic E-state index is 11.9. The van der Waals surface area contributed by atoms with E-state index >= 15 is 0 Å². The predicted molar refractivity (Wildman–Crippen MR) is 109 cm³/mol. The van der Waals surface area contributed by atoms with E-state index in [1.165, 1.54) is 23.4 Å². The van der Waals surface area contributed by atoms with Crippen LogP contribution in [0.5, 0.6) is 11.5 Å². The number of aromatic hydroxyl groups is 1. The molecule has 0 spiro atoms. The fourth-order valence-corrected chi connectivity index (χ4v) is 3.33. The number of hydrogen-bond acceptors (Lipinski definition) is 4. The molecule has 1 aliphatic heterocycles. The number of fused-ring (bicyclic) bond motifs is 1. The van der Waals surface area contributed by atoms with Crippen LogP contribution >= 0.6 is 11.6 Å². The average molecular weight is 387 g/mol. The van der Waals surface area contributed by atoms with Crippen LogP contribution in [0.15, 0.2) is 42.5 Å². The first-order valence-electron chi connectivity index (χ1n) is 8.93. The van der Waals surface area contributed by atoms with E-state index in [0.717, 1.165) is 37.2 Å². The fourth-order valence-electron chi connectivity index (χ4n) is 3.14.